The van der Waals surface area contributed by atoms with E-state index in [1.54, 1.807) is 6.07 Å². The van der Waals surface area contributed by atoms with Crippen molar-refractivity contribution in [2.75, 3.05) is 30.0 Å². The number of hydrogen-bond acceptors (Lipinski definition) is 5. The van der Waals surface area contributed by atoms with Crippen molar-refractivity contribution in [1.82, 2.24) is 9.89 Å². The van der Waals surface area contributed by atoms with Gasteiger partial charge in [0.05, 0.1) is 18.1 Å². The first-order chi connectivity index (χ1) is 14.6. The van der Waals surface area contributed by atoms with Gasteiger partial charge in [0.15, 0.2) is 5.82 Å². The highest BCUT2D eigenvalue weighted by Gasteiger charge is 2.40. The molecule has 0 radical (unpaired) electrons. The van der Waals surface area contributed by atoms with Crippen molar-refractivity contribution in [2.45, 2.75) is 51.6 Å². The molecule has 30 heavy (non-hydrogen) atoms. The van der Waals surface area contributed by atoms with Crippen molar-refractivity contribution in [3.05, 3.63) is 34.6 Å². The summed E-state index contributed by atoms with van der Waals surface area (Å²) >= 11 is 0. The molecule has 1 aromatic heterocycles. The predicted molar refractivity (Wildman–Crippen MR) is 116 cm³/mol. The largest absolute Gasteiger partial charge is 0.375 e. The maximum absolute atomic E-state index is 13.0. The smallest absolute Gasteiger partial charge is 0.294 e. The first-order valence-electron chi connectivity index (χ1n) is 11.3. The quantitative estimate of drug-likeness (QED) is 0.820. The van der Waals surface area contributed by atoms with Gasteiger partial charge in [-0.15, -0.1) is 9.89 Å². The molecule has 1 saturated heterocycles. The predicted octanol–water partition coefficient (Wildman–Crippen LogP) is 2.91. The Balaban J connectivity index is 1.42. The molecule has 1 aliphatic heterocycles. The normalized spacial score (nSPS) is 28.2. The van der Waals surface area contributed by atoms with Crippen molar-refractivity contribution in [2.24, 2.45) is 17.8 Å². The molecule has 1 amide bonds. The van der Waals surface area contributed by atoms with Gasteiger partial charge < -0.3 is 9.64 Å². The molecule has 160 valence electrons. The zero-order valence-electron chi connectivity index (χ0n) is 17.5. The van der Waals surface area contributed by atoms with Gasteiger partial charge in [0.1, 0.15) is 0 Å². The van der Waals surface area contributed by atoms with Crippen LogP contribution in [0, 0.1) is 17.8 Å². The van der Waals surface area contributed by atoms with Crippen LogP contribution >= 0.6 is 0 Å². The van der Waals surface area contributed by atoms with Crippen LogP contribution in [0.3, 0.4) is 0 Å². The number of amides is 1. The van der Waals surface area contributed by atoms with E-state index in [-0.39, 0.29) is 17.6 Å². The molecule has 7 nitrogen and oxygen atoms in total. The van der Waals surface area contributed by atoms with Crippen molar-refractivity contribution >= 4 is 22.5 Å². The third kappa shape index (κ3) is 3.60. The Morgan fingerprint density at radius 1 is 1.23 bits per heavy atom. The zero-order valence-corrected chi connectivity index (χ0v) is 17.5. The Bertz CT molecular complexity index is 1000. The molecule has 4 unspecified atom stereocenters. The number of nitrogens with one attached hydrogen (secondary N) is 1. The number of nitrogens with zero attached hydrogens (tertiary/aromatic N) is 3. The van der Waals surface area contributed by atoms with Gasteiger partial charge in [-0.25, -0.2) is 5.43 Å². The minimum absolute atomic E-state index is 0.114. The Hall–Kier alpha value is -2.41. The number of carbonyl (C=O) groups excluding carboxylic acids is 1. The lowest BCUT2D eigenvalue weighted by molar-refractivity contribution is -0.118. The standard InChI is InChI=1S/C23H30N4O3/c1-2-18-14-26(9-10-30-18)22-19-5-3-4-6-20(19)23(29)27(25-22)24-21(28)13-17-12-15-7-8-16(17)11-15/h3-6,15-18H,2,7-14H2,1H3,(H,24,28). The van der Waals surface area contributed by atoms with Crippen LogP contribution in [0.4, 0.5) is 5.82 Å². The topological polar surface area (TPSA) is 76.5 Å². The second-order valence-electron chi connectivity index (χ2n) is 9.11. The van der Waals surface area contributed by atoms with Gasteiger partial charge in [-0.2, -0.15) is 0 Å². The lowest BCUT2D eigenvalue weighted by Crippen LogP contribution is -2.44. The van der Waals surface area contributed by atoms with E-state index in [4.69, 9.17) is 4.74 Å². The molecule has 7 heteroatoms. The molecule has 0 spiro atoms. The molecule has 4 atom stereocenters. The fourth-order valence-corrected chi connectivity index (χ4v) is 5.67. The summed E-state index contributed by atoms with van der Waals surface area (Å²) in [6.07, 6.45) is 6.53. The lowest BCUT2D eigenvalue weighted by Gasteiger charge is -2.34. The van der Waals surface area contributed by atoms with E-state index in [2.05, 4.69) is 22.3 Å². The highest BCUT2D eigenvalue weighted by atomic mass is 16.5. The summed E-state index contributed by atoms with van der Waals surface area (Å²) < 4.78 is 5.80. The fraction of sp³-hybridized carbons (Fsp3) is 0.609. The van der Waals surface area contributed by atoms with Crippen molar-refractivity contribution in [3.8, 4) is 0 Å². The fourth-order valence-electron chi connectivity index (χ4n) is 5.67. The summed E-state index contributed by atoms with van der Waals surface area (Å²) in [7, 11) is 0. The number of rotatable bonds is 5. The van der Waals surface area contributed by atoms with Crippen LogP contribution in [0.25, 0.3) is 10.8 Å². The number of fused-ring (bicyclic) bond motifs is 3. The number of aromatic nitrogens is 2. The number of anilines is 1. The van der Waals surface area contributed by atoms with E-state index in [1.807, 2.05) is 18.2 Å². The van der Waals surface area contributed by atoms with Crippen LogP contribution in [0.15, 0.2) is 29.1 Å². The second-order valence-corrected chi connectivity index (χ2v) is 9.11. The molecule has 2 bridgehead atoms. The zero-order chi connectivity index (χ0) is 20.7. The van der Waals surface area contributed by atoms with E-state index >= 15 is 0 Å². The summed E-state index contributed by atoms with van der Waals surface area (Å²) in [5, 5.41) is 5.99. The lowest BCUT2D eigenvalue weighted by atomic mass is 9.86. The molecule has 2 aromatic rings. The van der Waals surface area contributed by atoms with Gasteiger partial charge in [-0.1, -0.05) is 31.5 Å². The summed E-state index contributed by atoms with van der Waals surface area (Å²) in [5.41, 5.74) is 2.51. The third-order valence-electron chi connectivity index (χ3n) is 7.24. The minimum Gasteiger partial charge on any atom is -0.375 e. The number of benzene rings is 1. The van der Waals surface area contributed by atoms with Gasteiger partial charge in [0.25, 0.3) is 5.56 Å². The average Bonchev–Trinajstić information content (AvgIpc) is 3.39. The Morgan fingerprint density at radius 2 is 2.07 bits per heavy atom. The maximum Gasteiger partial charge on any atom is 0.294 e. The average molecular weight is 411 g/mol. The monoisotopic (exact) mass is 410 g/mol. The Labute approximate surface area is 176 Å². The van der Waals surface area contributed by atoms with Crippen LogP contribution < -0.4 is 15.9 Å². The number of hydrogen-bond donors (Lipinski definition) is 1. The molecule has 3 aliphatic rings. The number of carbonyl (C=O) groups is 1. The van der Waals surface area contributed by atoms with Crippen LogP contribution in [0.1, 0.15) is 45.4 Å². The second kappa shape index (κ2) is 8.02. The summed E-state index contributed by atoms with van der Waals surface area (Å²) in [6, 6.07) is 7.50. The maximum atomic E-state index is 13.0. The summed E-state index contributed by atoms with van der Waals surface area (Å²) in [6.45, 7) is 4.18. The first kappa shape index (κ1) is 19.5. The van der Waals surface area contributed by atoms with Gasteiger partial charge in [-0.05, 0) is 49.5 Å². The van der Waals surface area contributed by atoms with Crippen LogP contribution in [0.5, 0.6) is 0 Å². The molecule has 1 N–H and O–H groups in total. The number of ether oxygens (including phenoxy) is 1. The van der Waals surface area contributed by atoms with Crippen molar-refractivity contribution in [1.29, 1.82) is 0 Å². The summed E-state index contributed by atoms with van der Waals surface area (Å²) in [5.74, 6) is 2.54. The van der Waals surface area contributed by atoms with Crippen molar-refractivity contribution in [3.63, 3.8) is 0 Å². The van der Waals surface area contributed by atoms with Gasteiger partial charge >= 0.3 is 0 Å². The van der Waals surface area contributed by atoms with Crippen molar-refractivity contribution < 1.29 is 9.53 Å². The third-order valence-corrected chi connectivity index (χ3v) is 7.24. The van der Waals surface area contributed by atoms with E-state index in [0.717, 1.165) is 41.3 Å². The molecule has 2 heterocycles. The van der Waals surface area contributed by atoms with E-state index < -0.39 is 0 Å². The molecular formula is C23H30N4O3. The molecule has 5 rings (SSSR count). The van der Waals surface area contributed by atoms with Gasteiger partial charge in [-0.3, -0.25) is 9.59 Å². The van der Waals surface area contributed by atoms with Gasteiger partial charge in [0.2, 0.25) is 5.91 Å². The van der Waals surface area contributed by atoms with E-state index in [1.165, 1.54) is 19.3 Å². The minimum atomic E-state index is -0.282. The Morgan fingerprint density at radius 3 is 2.80 bits per heavy atom. The van der Waals surface area contributed by atoms with Crippen LogP contribution in [0.2, 0.25) is 0 Å². The summed E-state index contributed by atoms with van der Waals surface area (Å²) in [4.78, 5) is 29.1. The molecule has 3 fully saturated rings. The SMILES string of the molecule is CCC1CN(c2nn(NC(=O)CC3CC4CCC3C4)c(=O)c3ccccc23)CCO1. The van der Waals surface area contributed by atoms with Gasteiger partial charge in [0, 0.05) is 24.9 Å². The van der Waals surface area contributed by atoms with E-state index in [0.29, 0.717) is 36.8 Å². The molecule has 2 aliphatic carbocycles. The molecule has 1 aromatic carbocycles. The molecular weight excluding hydrogens is 380 g/mol. The Kier molecular flexibility index (Phi) is 5.23. The first-order valence-corrected chi connectivity index (χ1v) is 11.3. The molecule has 2 saturated carbocycles. The van der Waals surface area contributed by atoms with E-state index in [9.17, 15) is 9.59 Å². The van der Waals surface area contributed by atoms with Crippen LogP contribution in [-0.4, -0.2) is 41.6 Å². The highest BCUT2D eigenvalue weighted by Crippen LogP contribution is 2.49. The highest BCUT2D eigenvalue weighted by molar-refractivity contribution is 5.92. The van der Waals surface area contributed by atoms with Crippen LogP contribution in [-0.2, 0) is 9.53 Å². The number of morpholine rings is 1.